The summed E-state index contributed by atoms with van der Waals surface area (Å²) >= 11 is 5.85. The van der Waals surface area contributed by atoms with E-state index in [9.17, 15) is 9.59 Å². The van der Waals surface area contributed by atoms with E-state index in [1.165, 1.54) is 0 Å². The highest BCUT2D eigenvalue weighted by atomic mass is 35.5. The first kappa shape index (κ1) is 20.8. The topological polar surface area (TPSA) is 61.8 Å². The summed E-state index contributed by atoms with van der Waals surface area (Å²) in [5.74, 6) is -0.260. The van der Waals surface area contributed by atoms with Crippen LogP contribution in [0.1, 0.15) is 49.2 Å². The minimum atomic E-state index is -0.855. The number of ether oxygens (including phenoxy) is 3. The molecule has 0 bridgehead atoms. The van der Waals surface area contributed by atoms with Crippen LogP contribution in [0.2, 0.25) is 5.02 Å². The lowest BCUT2D eigenvalue weighted by Gasteiger charge is -2.22. The van der Waals surface area contributed by atoms with Crippen molar-refractivity contribution in [1.82, 2.24) is 0 Å². The number of hydrogen-bond acceptors (Lipinski definition) is 5. The molecule has 6 heteroatoms. The maximum absolute atomic E-state index is 12.5. The Morgan fingerprint density at radius 2 is 1.67 bits per heavy atom. The molecule has 5 nitrogen and oxygen atoms in total. The van der Waals surface area contributed by atoms with E-state index < -0.39 is 12.1 Å². The fraction of sp³-hybridized carbons (Fsp3) is 0.333. The van der Waals surface area contributed by atoms with E-state index in [4.69, 9.17) is 25.8 Å². The van der Waals surface area contributed by atoms with Crippen LogP contribution in [0, 0.1) is 6.92 Å². The van der Waals surface area contributed by atoms with E-state index in [1.807, 2.05) is 26.8 Å². The first-order valence-electron chi connectivity index (χ1n) is 8.59. The fourth-order valence-electron chi connectivity index (χ4n) is 2.36. The molecule has 0 aromatic heterocycles. The molecule has 0 spiro atoms. The monoisotopic (exact) mass is 390 g/mol. The Hall–Kier alpha value is -2.53. The number of hydrogen-bond donors (Lipinski definition) is 0. The lowest BCUT2D eigenvalue weighted by molar-refractivity contribution is 0.0716. The van der Waals surface area contributed by atoms with Crippen LogP contribution in [0.5, 0.6) is 11.5 Å². The summed E-state index contributed by atoms with van der Waals surface area (Å²) in [6, 6.07) is 9.93. The van der Waals surface area contributed by atoms with Gasteiger partial charge in [0.1, 0.15) is 0 Å². The molecule has 0 saturated heterocycles. The van der Waals surface area contributed by atoms with Gasteiger partial charge >= 0.3 is 12.1 Å². The standard InChI is InChI=1S/C21H23ClO5/c1-6-25-20(24)26-17-12-15(21(3,4)5)11-13(2)18(17)27-19(23)14-7-9-16(22)10-8-14/h7-12H,6H2,1-5H3. The van der Waals surface area contributed by atoms with Crippen LogP contribution in [0.4, 0.5) is 4.79 Å². The quantitative estimate of drug-likeness (QED) is 0.380. The third-order valence-corrected chi connectivity index (χ3v) is 4.09. The van der Waals surface area contributed by atoms with Gasteiger partial charge in [-0.3, -0.25) is 0 Å². The maximum atomic E-state index is 12.5. The molecule has 144 valence electrons. The minimum Gasteiger partial charge on any atom is -0.434 e. The molecular weight excluding hydrogens is 368 g/mol. The van der Waals surface area contributed by atoms with E-state index in [0.29, 0.717) is 16.1 Å². The Bertz CT molecular complexity index is 835. The lowest BCUT2D eigenvalue weighted by atomic mass is 9.86. The molecule has 0 aliphatic heterocycles. The number of halogens is 1. The molecule has 0 fully saturated rings. The zero-order valence-electron chi connectivity index (χ0n) is 16.1. The average Bonchev–Trinajstić information content (AvgIpc) is 2.57. The Morgan fingerprint density at radius 1 is 1.04 bits per heavy atom. The zero-order chi connectivity index (χ0) is 20.2. The number of carbonyl (C=O) groups is 2. The third kappa shape index (κ3) is 5.47. The Balaban J connectivity index is 2.41. The molecule has 0 heterocycles. The van der Waals surface area contributed by atoms with Crippen LogP contribution in [0.3, 0.4) is 0 Å². The predicted octanol–water partition coefficient (Wildman–Crippen LogP) is 5.70. The second kappa shape index (κ2) is 8.44. The lowest BCUT2D eigenvalue weighted by Crippen LogP contribution is -2.17. The summed E-state index contributed by atoms with van der Waals surface area (Å²) < 4.78 is 15.7. The van der Waals surface area contributed by atoms with Crippen LogP contribution < -0.4 is 9.47 Å². The van der Waals surface area contributed by atoms with Gasteiger partial charge in [-0.2, -0.15) is 0 Å². The SMILES string of the molecule is CCOC(=O)Oc1cc(C(C)(C)C)cc(C)c1OC(=O)c1ccc(Cl)cc1. The Morgan fingerprint density at radius 3 is 2.22 bits per heavy atom. The number of aryl methyl sites for hydroxylation is 1. The van der Waals surface area contributed by atoms with Crippen molar-refractivity contribution in [2.45, 2.75) is 40.0 Å². The largest absolute Gasteiger partial charge is 0.513 e. The molecule has 0 N–H and O–H groups in total. The molecule has 2 aromatic rings. The van der Waals surface area contributed by atoms with Gasteiger partial charge < -0.3 is 14.2 Å². The smallest absolute Gasteiger partial charge is 0.434 e. The van der Waals surface area contributed by atoms with Crippen molar-refractivity contribution in [2.24, 2.45) is 0 Å². The zero-order valence-corrected chi connectivity index (χ0v) is 16.8. The molecule has 0 unspecified atom stereocenters. The number of esters is 1. The molecular formula is C21H23ClO5. The minimum absolute atomic E-state index is 0.140. The van der Waals surface area contributed by atoms with Crippen molar-refractivity contribution in [3.8, 4) is 11.5 Å². The fourth-order valence-corrected chi connectivity index (χ4v) is 2.48. The first-order chi connectivity index (χ1) is 12.6. The van der Waals surface area contributed by atoms with Gasteiger partial charge in [0.2, 0.25) is 0 Å². The van der Waals surface area contributed by atoms with E-state index in [2.05, 4.69) is 0 Å². The summed E-state index contributed by atoms with van der Waals surface area (Å²) in [6.45, 7) is 9.76. The highest BCUT2D eigenvalue weighted by Crippen LogP contribution is 2.37. The predicted molar refractivity (Wildman–Crippen MR) is 104 cm³/mol. The summed E-state index contributed by atoms with van der Waals surface area (Å²) in [4.78, 5) is 24.3. The van der Waals surface area contributed by atoms with Crippen molar-refractivity contribution in [1.29, 1.82) is 0 Å². The van der Waals surface area contributed by atoms with E-state index >= 15 is 0 Å². The van der Waals surface area contributed by atoms with Crippen molar-refractivity contribution < 1.29 is 23.8 Å². The Labute approximate surface area is 164 Å². The first-order valence-corrected chi connectivity index (χ1v) is 8.97. The van der Waals surface area contributed by atoms with Gasteiger partial charge in [-0.25, -0.2) is 9.59 Å². The summed E-state index contributed by atoms with van der Waals surface area (Å²) in [5, 5.41) is 0.517. The molecule has 2 rings (SSSR count). The second-order valence-corrected chi connectivity index (χ2v) is 7.49. The van der Waals surface area contributed by atoms with Gasteiger partial charge in [-0.15, -0.1) is 0 Å². The molecule has 0 atom stereocenters. The number of carbonyl (C=O) groups excluding carboxylic acids is 2. The molecule has 2 aromatic carbocycles. The van der Waals surface area contributed by atoms with Gasteiger partial charge in [-0.1, -0.05) is 38.4 Å². The van der Waals surface area contributed by atoms with Gasteiger partial charge in [0.05, 0.1) is 12.2 Å². The van der Waals surface area contributed by atoms with Crippen LogP contribution in [-0.4, -0.2) is 18.7 Å². The van der Waals surface area contributed by atoms with Crippen LogP contribution in [0.25, 0.3) is 0 Å². The molecule has 0 saturated carbocycles. The van der Waals surface area contributed by atoms with E-state index in [1.54, 1.807) is 44.2 Å². The summed E-state index contributed by atoms with van der Waals surface area (Å²) in [5.41, 5.74) is 1.76. The number of rotatable bonds is 4. The Kier molecular flexibility index (Phi) is 6.50. The summed E-state index contributed by atoms with van der Waals surface area (Å²) in [7, 11) is 0. The molecule has 0 aliphatic carbocycles. The average molecular weight is 391 g/mol. The van der Waals surface area contributed by atoms with Crippen LogP contribution >= 0.6 is 11.6 Å². The van der Waals surface area contributed by atoms with Gasteiger partial charge in [-0.05, 0) is 60.7 Å². The van der Waals surface area contributed by atoms with Gasteiger partial charge in [0.15, 0.2) is 11.5 Å². The number of benzene rings is 2. The van der Waals surface area contributed by atoms with E-state index in [0.717, 1.165) is 5.56 Å². The molecule has 27 heavy (non-hydrogen) atoms. The van der Waals surface area contributed by atoms with Crippen molar-refractivity contribution in [3.05, 3.63) is 58.1 Å². The highest BCUT2D eigenvalue weighted by Gasteiger charge is 2.23. The highest BCUT2D eigenvalue weighted by molar-refractivity contribution is 6.30. The molecule has 0 amide bonds. The summed E-state index contributed by atoms with van der Waals surface area (Å²) in [6.07, 6.45) is -0.855. The second-order valence-electron chi connectivity index (χ2n) is 7.05. The van der Waals surface area contributed by atoms with Crippen molar-refractivity contribution in [2.75, 3.05) is 6.61 Å². The van der Waals surface area contributed by atoms with Gasteiger partial charge in [0.25, 0.3) is 0 Å². The van der Waals surface area contributed by atoms with Crippen LogP contribution in [0.15, 0.2) is 36.4 Å². The normalized spacial score (nSPS) is 11.0. The molecule has 0 radical (unpaired) electrons. The van der Waals surface area contributed by atoms with Crippen molar-refractivity contribution >= 4 is 23.7 Å². The van der Waals surface area contributed by atoms with Crippen molar-refractivity contribution in [3.63, 3.8) is 0 Å². The third-order valence-electron chi connectivity index (χ3n) is 3.84. The maximum Gasteiger partial charge on any atom is 0.513 e. The van der Waals surface area contributed by atoms with Crippen LogP contribution in [-0.2, 0) is 10.2 Å². The molecule has 0 aliphatic rings. The van der Waals surface area contributed by atoms with Gasteiger partial charge in [0, 0.05) is 5.02 Å². The van der Waals surface area contributed by atoms with E-state index in [-0.39, 0.29) is 23.5 Å².